The van der Waals surface area contributed by atoms with Gasteiger partial charge in [0.05, 0.1) is 6.20 Å². The first-order chi connectivity index (χ1) is 8.81. The number of hydrogen-bond donors (Lipinski definition) is 2. The van der Waals surface area contributed by atoms with Crippen LogP contribution < -0.4 is 5.73 Å². The SMILES string of the molecule is Nc1ncc2nc(CCc3ccccc3)[nH]c2n1. The van der Waals surface area contributed by atoms with E-state index in [9.17, 15) is 0 Å². The minimum Gasteiger partial charge on any atom is -0.368 e. The average Bonchev–Trinajstić information content (AvgIpc) is 2.79. The Morgan fingerprint density at radius 3 is 2.72 bits per heavy atom. The minimum absolute atomic E-state index is 0.265. The van der Waals surface area contributed by atoms with E-state index in [0.717, 1.165) is 24.2 Å². The number of nitrogens with two attached hydrogens (primary N) is 1. The molecule has 0 aliphatic heterocycles. The maximum atomic E-state index is 5.53. The van der Waals surface area contributed by atoms with Gasteiger partial charge in [0.1, 0.15) is 11.3 Å². The number of anilines is 1. The molecule has 0 unspecified atom stereocenters. The Hall–Kier alpha value is -2.43. The topological polar surface area (TPSA) is 80.5 Å². The van der Waals surface area contributed by atoms with Crippen molar-refractivity contribution < 1.29 is 0 Å². The van der Waals surface area contributed by atoms with Gasteiger partial charge in [0.15, 0.2) is 5.65 Å². The number of H-pyrrole nitrogens is 1. The summed E-state index contributed by atoms with van der Waals surface area (Å²) in [5, 5.41) is 0. The number of aromatic amines is 1. The van der Waals surface area contributed by atoms with Gasteiger partial charge in [-0.15, -0.1) is 0 Å². The number of aryl methyl sites for hydroxylation is 2. The van der Waals surface area contributed by atoms with E-state index in [2.05, 4.69) is 32.1 Å². The van der Waals surface area contributed by atoms with Crippen molar-refractivity contribution in [2.45, 2.75) is 12.8 Å². The lowest BCUT2D eigenvalue weighted by molar-refractivity contribution is 0.889. The third kappa shape index (κ3) is 2.15. The van der Waals surface area contributed by atoms with Crippen molar-refractivity contribution in [2.75, 3.05) is 5.73 Å². The van der Waals surface area contributed by atoms with Crippen LogP contribution in [-0.4, -0.2) is 19.9 Å². The van der Waals surface area contributed by atoms with Gasteiger partial charge in [-0.1, -0.05) is 30.3 Å². The van der Waals surface area contributed by atoms with E-state index in [1.54, 1.807) is 6.20 Å². The number of imidazole rings is 1. The lowest BCUT2D eigenvalue weighted by Gasteiger charge is -1.97. The molecular formula is C13H13N5. The zero-order valence-electron chi connectivity index (χ0n) is 9.80. The summed E-state index contributed by atoms with van der Waals surface area (Å²) in [6.45, 7) is 0. The van der Waals surface area contributed by atoms with Crippen LogP contribution in [0.25, 0.3) is 11.2 Å². The van der Waals surface area contributed by atoms with Crippen LogP contribution in [0.1, 0.15) is 11.4 Å². The van der Waals surface area contributed by atoms with E-state index in [0.29, 0.717) is 5.65 Å². The second-order valence-electron chi connectivity index (χ2n) is 4.13. The van der Waals surface area contributed by atoms with Gasteiger partial charge >= 0.3 is 0 Å². The summed E-state index contributed by atoms with van der Waals surface area (Å²) < 4.78 is 0. The summed E-state index contributed by atoms with van der Waals surface area (Å²) in [7, 11) is 0. The second-order valence-corrected chi connectivity index (χ2v) is 4.13. The third-order valence-corrected chi connectivity index (χ3v) is 2.80. The van der Waals surface area contributed by atoms with Gasteiger partial charge in [-0.2, -0.15) is 4.98 Å². The van der Waals surface area contributed by atoms with E-state index >= 15 is 0 Å². The molecule has 0 aliphatic carbocycles. The zero-order chi connectivity index (χ0) is 12.4. The predicted molar refractivity (Wildman–Crippen MR) is 69.9 cm³/mol. The van der Waals surface area contributed by atoms with Crippen molar-refractivity contribution in [2.24, 2.45) is 0 Å². The number of rotatable bonds is 3. The molecule has 0 bridgehead atoms. The second kappa shape index (κ2) is 4.44. The Labute approximate surface area is 104 Å². The van der Waals surface area contributed by atoms with E-state index < -0.39 is 0 Å². The number of nitrogens with one attached hydrogen (secondary N) is 1. The molecule has 18 heavy (non-hydrogen) atoms. The maximum absolute atomic E-state index is 5.53. The van der Waals surface area contributed by atoms with Gasteiger partial charge in [-0.05, 0) is 12.0 Å². The van der Waals surface area contributed by atoms with Gasteiger partial charge in [0.25, 0.3) is 0 Å². The lowest BCUT2D eigenvalue weighted by atomic mass is 10.1. The normalized spacial score (nSPS) is 10.9. The summed E-state index contributed by atoms with van der Waals surface area (Å²) in [4.78, 5) is 15.6. The Bertz CT molecular complexity index is 659. The number of hydrogen-bond acceptors (Lipinski definition) is 4. The van der Waals surface area contributed by atoms with E-state index in [4.69, 9.17) is 5.73 Å². The summed E-state index contributed by atoms with van der Waals surface area (Å²) >= 11 is 0. The van der Waals surface area contributed by atoms with Crippen LogP contribution in [0.15, 0.2) is 36.5 Å². The molecule has 0 fully saturated rings. The van der Waals surface area contributed by atoms with E-state index in [1.165, 1.54) is 5.56 Å². The van der Waals surface area contributed by atoms with Crippen molar-refractivity contribution in [3.05, 3.63) is 47.9 Å². The molecule has 0 amide bonds. The summed E-state index contributed by atoms with van der Waals surface area (Å²) in [6, 6.07) is 10.3. The first kappa shape index (κ1) is 10.7. The lowest BCUT2D eigenvalue weighted by Crippen LogP contribution is -1.93. The highest BCUT2D eigenvalue weighted by Gasteiger charge is 2.05. The van der Waals surface area contributed by atoms with Gasteiger partial charge in [-0.3, -0.25) is 0 Å². The molecule has 5 nitrogen and oxygen atoms in total. The summed E-state index contributed by atoms with van der Waals surface area (Å²) in [5.41, 5.74) is 8.28. The Balaban J connectivity index is 1.79. The zero-order valence-corrected chi connectivity index (χ0v) is 9.80. The van der Waals surface area contributed by atoms with Crippen molar-refractivity contribution in [1.29, 1.82) is 0 Å². The largest absolute Gasteiger partial charge is 0.368 e. The van der Waals surface area contributed by atoms with Gasteiger partial charge in [-0.25, -0.2) is 9.97 Å². The standard InChI is InChI=1S/C13H13N5/c14-13-15-8-10-12(18-13)17-11(16-10)7-6-9-4-2-1-3-5-9/h1-5,8H,6-7H2,(H3,14,15,16,17,18). The number of nitrogens with zero attached hydrogens (tertiary/aromatic N) is 3. The van der Waals surface area contributed by atoms with Crippen LogP contribution >= 0.6 is 0 Å². The molecule has 90 valence electrons. The highest BCUT2D eigenvalue weighted by molar-refractivity contribution is 5.70. The highest BCUT2D eigenvalue weighted by atomic mass is 15.1. The van der Waals surface area contributed by atoms with Crippen LogP contribution in [0.2, 0.25) is 0 Å². The predicted octanol–water partition coefficient (Wildman–Crippen LogP) is 1.72. The Morgan fingerprint density at radius 1 is 1.06 bits per heavy atom. The van der Waals surface area contributed by atoms with Crippen molar-refractivity contribution >= 4 is 17.1 Å². The van der Waals surface area contributed by atoms with Gasteiger partial charge < -0.3 is 10.7 Å². The van der Waals surface area contributed by atoms with Crippen LogP contribution in [0.4, 0.5) is 5.95 Å². The molecule has 2 heterocycles. The molecule has 5 heteroatoms. The smallest absolute Gasteiger partial charge is 0.222 e. The molecule has 0 saturated carbocycles. The average molecular weight is 239 g/mol. The first-order valence-electron chi connectivity index (χ1n) is 5.82. The number of benzene rings is 1. The minimum atomic E-state index is 0.265. The molecule has 0 radical (unpaired) electrons. The van der Waals surface area contributed by atoms with Crippen molar-refractivity contribution in [3.63, 3.8) is 0 Å². The summed E-state index contributed by atoms with van der Waals surface area (Å²) in [6.07, 6.45) is 3.43. The first-order valence-corrected chi connectivity index (χ1v) is 5.82. The summed E-state index contributed by atoms with van der Waals surface area (Å²) in [5.74, 6) is 1.18. The maximum Gasteiger partial charge on any atom is 0.222 e. The van der Waals surface area contributed by atoms with E-state index in [-0.39, 0.29) is 5.95 Å². The Morgan fingerprint density at radius 2 is 1.89 bits per heavy atom. The highest BCUT2D eigenvalue weighted by Crippen LogP contribution is 2.10. The number of nitrogen functional groups attached to an aromatic ring is 1. The molecule has 3 N–H and O–H groups in total. The van der Waals surface area contributed by atoms with Crippen LogP contribution in [0, 0.1) is 0 Å². The van der Waals surface area contributed by atoms with Gasteiger partial charge in [0, 0.05) is 6.42 Å². The third-order valence-electron chi connectivity index (χ3n) is 2.80. The van der Waals surface area contributed by atoms with Crippen molar-refractivity contribution in [1.82, 2.24) is 19.9 Å². The monoisotopic (exact) mass is 239 g/mol. The molecular weight excluding hydrogens is 226 g/mol. The molecule has 0 spiro atoms. The Kier molecular flexibility index (Phi) is 2.64. The molecule has 2 aromatic heterocycles. The van der Waals surface area contributed by atoms with Crippen LogP contribution in [0.5, 0.6) is 0 Å². The fraction of sp³-hybridized carbons (Fsp3) is 0.154. The van der Waals surface area contributed by atoms with Crippen molar-refractivity contribution in [3.8, 4) is 0 Å². The molecule has 0 aliphatic rings. The molecule has 3 aromatic rings. The molecule has 0 saturated heterocycles. The molecule has 3 rings (SSSR count). The van der Waals surface area contributed by atoms with E-state index in [1.807, 2.05) is 18.2 Å². The fourth-order valence-electron chi connectivity index (χ4n) is 1.90. The number of aromatic nitrogens is 4. The number of fused-ring (bicyclic) bond motifs is 1. The molecule has 1 aromatic carbocycles. The fourth-order valence-corrected chi connectivity index (χ4v) is 1.90. The molecule has 0 atom stereocenters. The van der Waals surface area contributed by atoms with Gasteiger partial charge in [0.2, 0.25) is 5.95 Å². The quantitative estimate of drug-likeness (QED) is 0.729. The van der Waals surface area contributed by atoms with Crippen LogP contribution in [0.3, 0.4) is 0 Å². The van der Waals surface area contributed by atoms with Crippen LogP contribution in [-0.2, 0) is 12.8 Å².